The highest BCUT2D eigenvalue weighted by Crippen LogP contribution is 2.40. The summed E-state index contributed by atoms with van der Waals surface area (Å²) in [5, 5.41) is 2.25. The minimum Gasteiger partial charge on any atom is -0.371 e. The maximum absolute atomic E-state index is 16.4. The van der Waals surface area contributed by atoms with Crippen molar-refractivity contribution < 1.29 is 31.5 Å². The predicted octanol–water partition coefficient (Wildman–Crippen LogP) is 3.89. The van der Waals surface area contributed by atoms with Crippen LogP contribution in [0.5, 0.6) is 0 Å². The fraction of sp³-hybridized carbons (Fsp3) is 0.448. The molecule has 3 aliphatic heterocycles. The van der Waals surface area contributed by atoms with E-state index in [9.17, 15) is 22.8 Å². The summed E-state index contributed by atoms with van der Waals surface area (Å²) in [5.41, 5.74) is -4.58. The summed E-state index contributed by atoms with van der Waals surface area (Å²) in [5.74, 6) is -3.10. The Morgan fingerprint density at radius 2 is 1.73 bits per heavy atom. The van der Waals surface area contributed by atoms with E-state index < -0.39 is 51.7 Å². The summed E-state index contributed by atoms with van der Waals surface area (Å²) in [6, 6.07) is 1.28. The van der Waals surface area contributed by atoms with Crippen molar-refractivity contribution in [2.75, 3.05) is 54.9 Å². The van der Waals surface area contributed by atoms with E-state index in [1.807, 2.05) is 23.8 Å². The van der Waals surface area contributed by atoms with Crippen LogP contribution in [0.2, 0.25) is 0 Å². The molecule has 15 heteroatoms. The number of benzene rings is 1. The highest BCUT2D eigenvalue weighted by molar-refractivity contribution is 6.07. The van der Waals surface area contributed by atoms with Gasteiger partial charge in [0.05, 0.1) is 34.6 Å². The van der Waals surface area contributed by atoms with Gasteiger partial charge in [-0.2, -0.15) is 13.2 Å². The minimum absolute atomic E-state index is 0.0196. The van der Waals surface area contributed by atoms with Crippen molar-refractivity contribution in [2.45, 2.75) is 44.2 Å². The number of nitrogens with zero attached hydrogens (tertiary/aromatic N) is 5. The Hall–Kier alpha value is -4.11. The average Bonchev–Trinajstić information content (AvgIpc) is 3.32. The lowest BCUT2D eigenvalue weighted by molar-refractivity contribution is -0.138. The lowest BCUT2D eigenvalue weighted by Crippen LogP contribution is -2.50. The van der Waals surface area contributed by atoms with Crippen molar-refractivity contribution in [3.8, 4) is 11.1 Å². The third-order valence-corrected chi connectivity index (χ3v) is 8.46. The Bertz CT molecular complexity index is 1620. The van der Waals surface area contributed by atoms with Crippen LogP contribution in [0.3, 0.4) is 0 Å². The molecule has 0 radical (unpaired) electrons. The molecule has 3 atom stereocenters. The zero-order valence-corrected chi connectivity index (χ0v) is 23.9. The molecule has 0 aliphatic carbocycles. The summed E-state index contributed by atoms with van der Waals surface area (Å²) in [6.45, 7) is 4.32. The smallest absolute Gasteiger partial charge is 0.371 e. The van der Waals surface area contributed by atoms with E-state index in [1.54, 1.807) is 4.90 Å². The second-order valence-corrected chi connectivity index (χ2v) is 11.4. The van der Waals surface area contributed by atoms with Crippen LogP contribution in [0.1, 0.15) is 35.7 Å². The van der Waals surface area contributed by atoms with E-state index in [0.29, 0.717) is 44.9 Å². The van der Waals surface area contributed by atoms with Crippen LogP contribution in [0.15, 0.2) is 35.5 Å². The van der Waals surface area contributed by atoms with Crippen molar-refractivity contribution in [2.24, 2.45) is 0 Å². The number of aromatic amines is 1. The SMILES string of the molecule is C[C@H]1CN(c2cc(F)c(-c3cnc(N4CC5CCC(C4)O5)nc3)c(F)c2NC(=O)c2c[nH]c(=O)cc2C(F)(F)F)CCN1C. The van der Waals surface area contributed by atoms with E-state index in [2.05, 4.69) is 20.3 Å². The number of anilines is 3. The summed E-state index contributed by atoms with van der Waals surface area (Å²) in [4.78, 5) is 41.3. The molecule has 2 N–H and O–H groups in total. The molecule has 2 aromatic heterocycles. The van der Waals surface area contributed by atoms with Gasteiger partial charge in [0.2, 0.25) is 11.5 Å². The molecule has 44 heavy (non-hydrogen) atoms. The molecule has 234 valence electrons. The summed E-state index contributed by atoms with van der Waals surface area (Å²) in [6.07, 6.45) is 0.138. The van der Waals surface area contributed by atoms with Gasteiger partial charge in [-0.05, 0) is 26.8 Å². The second-order valence-electron chi connectivity index (χ2n) is 11.4. The zero-order valence-electron chi connectivity index (χ0n) is 23.9. The van der Waals surface area contributed by atoms with Gasteiger partial charge in [0.1, 0.15) is 11.5 Å². The van der Waals surface area contributed by atoms with Crippen LogP contribution in [-0.2, 0) is 10.9 Å². The molecule has 2 unspecified atom stereocenters. The monoisotopic (exact) mass is 619 g/mol. The number of morpholine rings is 1. The standard InChI is InChI=1S/C29H30F5N7O3/c1-15-12-40(6-5-39(15)2)22-8-21(30)24(16-9-36-28(37-10-16)41-13-17-3-4-18(14-41)44-17)25(31)26(22)38-27(43)19-11-35-23(42)7-20(19)29(32,33)34/h7-11,15,17-18H,3-6,12-14H2,1-2H3,(H,35,42)(H,38,43)/t15-,17?,18?/m0/s1. The average molecular weight is 620 g/mol. The molecule has 0 saturated carbocycles. The fourth-order valence-electron chi connectivity index (χ4n) is 5.97. The van der Waals surface area contributed by atoms with Gasteiger partial charge in [-0.25, -0.2) is 18.7 Å². The maximum Gasteiger partial charge on any atom is 0.417 e. The van der Waals surface area contributed by atoms with Gasteiger partial charge >= 0.3 is 6.18 Å². The number of nitrogens with one attached hydrogen (secondary N) is 2. The van der Waals surface area contributed by atoms with Crippen molar-refractivity contribution in [3.63, 3.8) is 0 Å². The molecular weight excluding hydrogens is 589 g/mol. The molecule has 2 bridgehead atoms. The Labute approximate surface area is 248 Å². The van der Waals surface area contributed by atoms with Crippen LogP contribution in [0, 0.1) is 11.6 Å². The lowest BCUT2D eigenvalue weighted by atomic mass is 10.0. The maximum atomic E-state index is 16.4. The van der Waals surface area contributed by atoms with Crippen molar-refractivity contribution in [1.82, 2.24) is 19.9 Å². The van der Waals surface area contributed by atoms with Gasteiger partial charge in [-0.15, -0.1) is 0 Å². The molecule has 6 rings (SSSR count). The van der Waals surface area contributed by atoms with E-state index in [0.717, 1.165) is 18.9 Å². The number of H-pyrrole nitrogens is 1. The number of halogens is 5. The van der Waals surface area contributed by atoms with E-state index in [4.69, 9.17) is 4.74 Å². The second kappa shape index (κ2) is 11.4. The first kappa shape index (κ1) is 29.9. The number of pyridine rings is 1. The van der Waals surface area contributed by atoms with Crippen molar-refractivity contribution in [1.29, 1.82) is 0 Å². The van der Waals surface area contributed by atoms with E-state index >= 15 is 8.78 Å². The number of piperazine rings is 1. The van der Waals surface area contributed by atoms with Gasteiger partial charge in [-0.1, -0.05) is 0 Å². The van der Waals surface area contributed by atoms with Crippen LogP contribution >= 0.6 is 0 Å². The summed E-state index contributed by atoms with van der Waals surface area (Å²) < 4.78 is 79.1. The van der Waals surface area contributed by atoms with Crippen LogP contribution in [0.4, 0.5) is 39.3 Å². The number of carbonyl (C=O) groups excluding carboxylic acids is 1. The third kappa shape index (κ3) is 5.73. The number of aromatic nitrogens is 3. The normalized spacial score (nSPS) is 22.4. The van der Waals surface area contributed by atoms with Crippen LogP contribution in [0.25, 0.3) is 11.1 Å². The number of likely N-dealkylation sites (N-methyl/N-ethyl adjacent to an activating group) is 1. The highest BCUT2D eigenvalue weighted by atomic mass is 19.4. The van der Waals surface area contributed by atoms with Gasteiger partial charge in [0, 0.05) is 75.1 Å². The van der Waals surface area contributed by atoms with Gasteiger partial charge in [0.25, 0.3) is 5.91 Å². The van der Waals surface area contributed by atoms with Crippen LogP contribution in [-0.4, -0.2) is 83.8 Å². The predicted molar refractivity (Wildman–Crippen MR) is 152 cm³/mol. The molecule has 1 amide bonds. The largest absolute Gasteiger partial charge is 0.417 e. The molecule has 3 aromatic rings. The van der Waals surface area contributed by atoms with Gasteiger partial charge < -0.3 is 29.7 Å². The van der Waals surface area contributed by atoms with E-state index in [1.165, 1.54) is 12.4 Å². The van der Waals surface area contributed by atoms with Crippen molar-refractivity contribution >= 4 is 23.2 Å². The Morgan fingerprint density at radius 3 is 2.36 bits per heavy atom. The first-order valence-electron chi connectivity index (χ1n) is 14.2. The topological polar surface area (TPSA) is 107 Å². The quantitative estimate of drug-likeness (QED) is 0.415. The fourth-order valence-corrected chi connectivity index (χ4v) is 5.97. The number of carbonyl (C=O) groups is 1. The molecule has 3 saturated heterocycles. The molecule has 5 heterocycles. The lowest BCUT2D eigenvalue weighted by Gasteiger charge is -2.39. The first-order chi connectivity index (χ1) is 20.9. The molecule has 0 spiro atoms. The molecular formula is C29H30F5N7O3. The van der Waals surface area contributed by atoms with Crippen LogP contribution < -0.4 is 20.7 Å². The number of alkyl halides is 3. The first-order valence-corrected chi connectivity index (χ1v) is 14.2. The summed E-state index contributed by atoms with van der Waals surface area (Å²) in [7, 11) is 1.90. The molecule has 10 nitrogen and oxygen atoms in total. The van der Waals surface area contributed by atoms with Crippen molar-refractivity contribution in [3.05, 3.63) is 63.8 Å². The number of hydrogen-bond donors (Lipinski definition) is 2. The highest BCUT2D eigenvalue weighted by Gasteiger charge is 2.37. The Balaban J connectivity index is 1.39. The molecule has 3 aliphatic rings. The Kier molecular flexibility index (Phi) is 7.78. The zero-order chi connectivity index (χ0) is 31.3. The Morgan fingerprint density at radius 1 is 1.05 bits per heavy atom. The number of rotatable bonds is 5. The van der Waals surface area contributed by atoms with Gasteiger partial charge in [0.15, 0.2) is 5.82 Å². The third-order valence-electron chi connectivity index (χ3n) is 8.46. The number of amides is 1. The number of ether oxygens (including phenoxy) is 1. The van der Waals surface area contributed by atoms with Gasteiger partial charge in [-0.3, -0.25) is 9.59 Å². The number of hydrogen-bond acceptors (Lipinski definition) is 8. The van der Waals surface area contributed by atoms with E-state index in [-0.39, 0.29) is 35.6 Å². The minimum atomic E-state index is -5.04. The number of fused-ring (bicyclic) bond motifs is 2. The molecule has 1 aromatic carbocycles. The summed E-state index contributed by atoms with van der Waals surface area (Å²) >= 11 is 0. The molecule has 3 fully saturated rings.